The van der Waals surface area contributed by atoms with E-state index < -0.39 is 0 Å². The van der Waals surface area contributed by atoms with E-state index in [2.05, 4.69) is 12.2 Å². The molecule has 0 aromatic carbocycles. The third kappa shape index (κ3) is 5.39. The van der Waals surface area contributed by atoms with Crippen LogP contribution in [0.2, 0.25) is 0 Å². The topological polar surface area (TPSA) is 58.6 Å². The molecule has 4 heteroatoms. The second kappa shape index (κ2) is 8.34. The van der Waals surface area contributed by atoms with Gasteiger partial charge < -0.3 is 15.2 Å². The lowest BCUT2D eigenvalue weighted by molar-refractivity contribution is 0.119. The number of hydrogen-bond donors (Lipinski definition) is 2. The predicted octanol–water partition coefficient (Wildman–Crippen LogP) is 2.31. The zero-order valence-electron chi connectivity index (χ0n) is 10.8. The molecular weight excluding hydrogens is 218 g/mol. The van der Waals surface area contributed by atoms with E-state index in [4.69, 9.17) is 4.74 Å². The van der Waals surface area contributed by atoms with Crippen molar-refractivity contribution < 1.29 is 14.6 Å². The molecule has 1 saturated carbocycles. The second-order valence-electron chi connectivity index (χ2n) is 4.86. The molecule has 4 nitrogen and oxygen atoms in total. The van der Waals surface area contributed by atoms with Crippen LogP contribution in [0.4, 0.5) is 4.79 Å². The number of rotatable bonds is 6. The van der Waals surface area contributed by atoms with Crippen LogP contribution in [0, 0.1) is 11.8 Å². The van der Waals surface area contributed by atoms with Gasteiger partial charge in [-0.15, -0.1) is 0 Å². The van der Waals surface area contributed by atoms with Crippen LogP contribution in [0.5, 0.6) is 0 Å². The average Bonchev–Trinajstić information content (AvgIpc) is 2.37. The van der Waals surface area contributed by atoms with Gasteiger partial charge in [0.15, 0.2) is 0 Å². The summed E-state index contributed by atoms with van der Waals surface area (Å²) in [5.41, 5.74) is 0. The molecule has 0 aliphatic heterocycles. The Morgan fingerprint density at radius 2 is 2.06 bits per heavy atom. The van der Waals surface area contributed by atoms with Gasteiger partial charge in [-0.25, -0.2) is 4.79 Å². The maximum absolute atomic E-state index is 11.4. The molecule has 17 heavy (non-hydrogen) atoms. The number of aliphatic hydroxyl groups excluding tert-OH is 1. The maximum atomic E-state index is 11.4. The van der Waals surface area contributed by atoms with Crippen LogP contribution in [-0.4, -0.2) is 31.0 Å². The fourth-order valence-corrected chi connectivity index (χ4v) is 2.37. The predicted molar refractivity (Wildman–Crippen MR) is 66.8 cm³/mol. The van der Waals surface area contributed by atoms with E-state index in [1.807, 2.05) is 0 Å². The number of carbonyl (C=O) groups is 1. The summed E-state index contributed by atoms with van der Waals surface area (Å²) in [4.78, 5) is 11.4. The number of aliphatic hydroxyl groups is 1. The number of nitrogens with one attached hydrogen (secondary N) is 1. The van der Waals surface area contributed by atoms with E-state index in [-0.39, 0.29) is 12.7 Å². The minimum absolute atomic E-state index is 0.233. The van der Waals surface area contributed by atoms with E-state index in [9.17, 15) is 9.90 Å². The fourth-order valence-electron chi connectivity index (χ4n) is 2.37. The molecule has 2 unspecified atom stereocenters. The van der Waals surface area contributed by atoms with E-state index >= 15 is 0 Å². The molecule has 1 rings (SSSR count). The summed E-state index contributed by atoms with van der Waals surface area (Å²) in [5, 5.41) is 12.1. The van der Waals surface area contributed by atoms with Crippen molar-refractivity contribution in [2.75, 3.05) is 19.8 Å². The molecule has 0 saturated heterocycles. The molecule has 0 aromatic heterocycles. The quantitative estimate of drug-likeness (QED) is 0.704. The first-order valence-electron chi connectivity index (χ1n) is 6.79. The Morgan fingerprint density at radius 1 is 1.35 bits per heavy atom. The molecule has 100 valence electrons. The van der Waals surface area contributed by atoms with E-state index in [1.165, 1.54) is 12.8 Å². The molecule has 2 N–H and O–H groups in total. The summed E-state index contributed by atoms with van der Waals surface area (Å²) in [5.74, 6) is 0.757. The summed E-state index contributed by atoms with van der Waals surface area (Å²) in [7, 11) is 0. The van der Waals surface area contributed by atoms with Crippen molar-refractivity contribution in [3.63, 3.8) is 0 Å². The van der Waals surface area contributed by atoms with Gasteiger partial charge >= 0.3 is 6.09 Å². The van der Waals surface area contributed by atoms with Crippen molar-refractivity contribution in [3.05, 3.63) is 0 Å². The van der Waals surface area contributed by atoms with Crippen LogP contribution >= 0.6 is 0 Å². The SMILES string of the molecule is CCCCOC(=O)NCC1CCCCC1CO. The molecular formula is C13H25NO3. The number of alkyl carbamates (subject to hydrolysis) is 1. The monoisotopic (exact) mass is 243 g/mol. The molecule has 0 radical (unpaired) electrons. The van der Waals surface area contributed by atoms with Gasteiger partial charge in [-0.1, -0.05) is 26.2 Å². The normalized spacial score (nSPS) is 24.4. The lowest BCUT2D eigenvalue weighted by Crippen LogP contribution is -2.35. The number of ether oxygens (including phenoxy) is 1. The summed E-state index contributed by atoms with van der Waals surface area (Å²) in [6.45, 7) is 3.43. The minimum atomic E-state index is -0.319. The Bertz CT molecular complexity index is 221. The average molecular weight is 243 g/mol. The van der Waals surface area contributed by atoms with Crippen LogP contribution in [-0.2, 0) is 4.74 Å². The highest BCUT2D eigenvalue weighted by atomic mass is 16.5. The molecule has 1 aliphatic carbocycles. The van der Waals surface area contributed by atoms with E-state index in [0.717, 1.165) is 25.7 Å². The molecule has 1 fully saturated rings. The van der Waals surface area contributed by atoms with Gasteiger partial charge in [0.25, 0.3) is 0 Å². The van der Waals surface area contributed by atoms with Crippen LogP contribution < -0.4 is 5.32 Å². The highest BCUT2D eigenvalue weighted by Gasteiger charge is 2.24. The van der Waals surface area contributed by atoms with Crippen molar-refractivity contribution in [3.8, 4) is 0 Å². The van der Waals surface area contributed by atoms with Crippen LogP contribution in [0.1, 0.15) is 45.4 Å². The zero-order chi connectivity index (χ0) is 12.5. The first kappa shape index (κ1) is 14.3. The van der Waals surface area contributed by atoms with E-state index in [0.29, 0.717) is 25.0 Å². The van der Waals surface area contributed by atoms with Crippen LogP contribution in [0.3, 0.4) is 0 Å². The molecule has 1 aliphatic rings. The third-order valence-corrected chi connectivity index (χ3v) is 3.54. The van der Waals surface area contributed by atoms with Gasteiger partial charge in [0, 0.05) is 13.2 Å². The van der Waals surface area contributed by atoms with Gasteiger partial charge in [0.1, 0.15) is 0 Å². The standard InChI is InChI=1S/C13H25NO3/c1-2-3-8-17-13(16)14-9-11-6-4-5-7-12(11)10-15/h11-12,15H,2-10H2,1H3,(H,14,16). The van der Waals surface area contributed by atoms with Crippen LogP contribution in [0.25, 0.3) is 0 Å². The summed E-state index contributed by atoms with van der Waals surface area (Å²) in [6.07, 6.45) is 6.20. The number of hydrogen-bond acceptors (Lipinski definition) is 3. The largest absolute Gasteiger partial charge is 0.450 e. The van der Waals surface area contributed by atoms with Crippen molar-refractivity contribution in [2.45, 2.75) is 45.4 Å². The first-order valence-corrected chi connectivity index (χ1v) is 6.79. The Balaban J connectivity index is 2.17. The zero-order valence-corrected chi connectivity index (χ0v) is 10.8. The number of unbranched alkanes of at least 4 members (excludes halogenated alkanes) is 1. The molecule has 2 atom stereocenters. The highest BCUT2D eigenvalue weighted by molar-refractivity contribution is 5.67. The smallest absolute Gasteiger partial charge is 0.407 e. The number of amides is 1. The molecule has 0 spiro atoms. The molecule has 0 bridgehead atoms. The van der Waals surface area contributed by atoms with Crippen molar-refractivity contribution in [1.82, 2.24) is 5.32 Å². The molecule has 0 aromatic rings. The van der Waals surface area contributed by atoms with Crippen molar-refractivity contribution in [2.24, 2.45) is 11.8 Å². The number of carbonyl (C=O) groups excluding carboxylic acids is 1. The van der Waals surface area contributed by atoms with Gasteiger partial charge in [-0.2, -0.15) is 0 Å². The molecule has 1 amide bonds. The third-order valence-electron chi connectivity index (χ3n) is 3.54. The first-order chi connectivity index (χ1) is 8.27. The highest BCUT2D eigenvalue weighted by Crippen LogP contribution is 2.28. The minimum Gasteiger partial charge on any atom is -0.450 e. The Hall–Kier alpha value is -0.770. The summed E-state index contributed by atoms with van der Waals surface area (Å²) < 4.78 is 5.03. The Morgan fingerprint density at radius 3 is 2.71 bits per heavy atom. The van der Waals surface area contributed by atoms with Gasteiger partial charge in [-0.05, 0) is 31.1 Å². The summed E-state index contributed by atoms with van der Waals surface area (Å²) >= 11 is 0. The van der Waals surface area contributed by atoms with E-state index in [1.54, 1.807) is 0 Å². The second-order valence-corrected chi connectivity index (χ2v) is 4.86. The van der Waals surface area contributed by atoms with Gasteiger partial charge in [0.05, 0.1) is 6.61 Å². The lowest BCUT2D eigenvalue weighted by atomic mass is 9.80. The van der Waals surface area contributed by atoms with Gasteiger partial charge in [0.2, 0.25) is 0 Å². The maximum Gasteiger partial charge on any atom is 0.407 e. The van der Waals surface area contributed by atoms with Crippen LogP contribution in [0.15, 0.2) is 0 Å². The van der Waals surface area contributed by atoms with Crippen molar-refractivity contribution in [1.29, 1.82) is 0 Å². The Labute approximate surface area is 104 Å². The lowest BCUT2D eigenvalue weighted by Gasteiger charge is -2.30. The van der Waals surface area contributed by atoms with Crippen molar-refractivity contribution >= 4 is 6.09 Å². The van der Waals surface area contributed by atoms with Gasteiger partial charge in [-0.3, -0.25) is 0 Å². The Kier molecular flexibility index (Phi) is 7.01. The summed E-state index contributed by atoms with van der Waals surface area (Å²) in [6, 6.07) is 0. The fraction of sp³-hybridized carbons (Fsp3) is 0.923. The molecule has 0 heterocycles.